The van der Waals surface area contributed by atoms with Crippen molar-refractivity contribution in [3.8, 4) is 5.75 Å². The van der Waals surface area contributed by atoms with Crippen molar-refractivity contribution < 1.29 is 9.53 Å². The van der Waals surface area contributed by atoms with Gasteiger partial charge in [0, 0.05) is 18.3 Å². The van der Waals surface area contributed by atoms with Gasteiger partial charge in [0.15, 0.2) is 5.11 Å². The number of thiocarbonyl (C=S) groups is 1. The van der Waals surface area contributed by atoms with Crippen molar-refractivity contribution in [2.45, 2.75) is 13.3 Å². The first-order valence-corrected chi connectivity index (χ1v) is 7.89. The number of rotatable bonds is 5. The van der Waals surface area contributed by atoms with Crippen LogP contribution in [0.1, 0.15) is 23.7 Å². The second-order valence-electron chi connectivity index (χ2n) is 5.03. The lowest BCUT2D eigenvalue weighted by Crippen LogP contribution is -2.40. The van der Waals surface area contributed by atoms with Crippen molar-refractivity contribution in [1.82, 2.24) is 5.32 Å². The van der Waals surface area contributed by atoms with Gasteiger partial charge in [0.2, 0.25) is 0 Å². The summed E-state index contributed by atoms with van der Waals surface area (Å²) >= 11 is 5.29. The smallest absolute Gasteiger partial charge is 0.257 e. The molecule has 1 amide bonds. The Bertz CT molecular complexity index is 656. The van der Waals surface area contributed by atoms with Gasteiger partial charge in [-0.2, -0.15) is 0 Å². The third-order valence-corrected chi connectivity index (χ3v) is 3.63. The molecule has 0 bridgehead atoms. The first-order chi connectivity index (χ1) is 11.1. The fraction of sp³-hybridized carbons (Fsp3) is 0.222. The average Bonchev–Trinajstić information content (AvgIpc) is 2.60. The molecule has 120 valence electrons. The Balaban J connectivity index is 1.97. The predicted octanol–water partition coefficient (Wildman–Crippen LogP) is 3.63. The number of carbonyl (C=O) groups is 1. The van der Waals surface area contributed by atoms with E-state index in [0.29, 0.717) is 17.3 Å². The van der Waals surface area contributed by atoms with Gasteiger partial charge in [0.05, 0.1) is 6.61 Å². The highest BCUT2D eigenvalue weighted by atomic mass is 32.1. The molecule has 0 fully saturated rings. The number of benzene rings is 2. The number of hydrogen-bond donors (Lipinski definition) is 1. The molecule has 2 rings (SSSR count). The van der Waals surface area contributed by atoms with Gasteiger partial charge in [-0.25, -0.2) is 0 Å². The van der Waals surface area contributed by atoms with Crippen LogP contribution in [0.3, 0.4) is 0 Å². The van der Waals surface area contributed by atoms with E-state index in [1.54, 1.807) is 29.2 Å². The molecule has 0 unspecified atom stereocenters. The largest absolute Gasteiger partial charge is 0.494 e. The summed E-state index contributed by atoms with van der Waals surface area (Å²) in [6.45, 7) is 2.71. The van der Waals surface area contributed by atoms with Crippen LogP contribution in [-0.2, 0) is 0 Å². The number of nitrogens with zero attached hydrogens (tertiary/aromatic N) is 1. The SMILES string of the molecule is CCCOc1ccc(C(=O)NC(=S)N(C)c2ccccc2)cc1. The number of hydrogen-bond acceptors (Lipinski definition) is 3. The van der Waals surface area contributed by atoms with E-state index in [0.717, 1.165) is 17.9 Å². The summed E-state index contributed by atoms with van der Waals surface area (Å²) in [5.74, 6) is 0.521. The molecule has 2 aromatic rings. The highest BCUT2D eigenvalue weighted by Gasteiger charge is 2.12. The van der Waals surface area contributed by atoms with E-state index in [1.807, 2.05) is 44.3 Å². The molecular weight excluding hydrogens is 308 g/mol. The molecule has 0 heterocycles. The van der Waals surface area contributed by atoms with Crippen molar-refractivity contribution in [2.75, 3.05) is 18.6 Å². The summed E-state index contributed by atoms with van der Waals surface area (Å²) in [6, 6.07) is 16.7. The molecule has 0 saturated carbocycles. The number of carbonyl (C=O) groups excluding carboxylic acids is 1. The van der Waals surface area contributed by atoms with Gasteiger partial charge in [0.1, 0.15) is 5.75 Å². The van der Waals surface area contributed by atoms with Crippen LogP contribution in [0.25, 0.3) is 0 Å². The highest BCUT2D eigenvalue weighted by Crippen LogP contribution is 2.14. The molecule has 0 aromatic heterocycles. The Morgan fingerprint density at radius 3 is 2.39 bits per heavy atom. The van der Waals surface area contributed by atoms with Crippen LogP contribution in [0.2, 0.25) is 0 Å². The van der Waals surface area contributed by atoms with Crippen LogP contribution in [0.4, 0.5) is 5.69 Å². The van der Waals surface area contributed by atoms with E-state index in [1.165, 1.54) is 0 Å². The van der Waals surface area contributed by atoms with Crippen LogP contribution >= 0.6 is 12.2 Å². The van der Waals surface area contributed by atoms with Gasteiger partial charge in [-0.15, -0.1) is 0 Å². The number of ether oxygens (including phenoxy) is 1. The van der Waals surface area contributed by atoms with E-state index in [-0.39, 0.29) is 5.91 Å². The maximum atomic E-state index is 12.3. The quantitative estimate of drug-likeness (QED) is 0.851. The summed E-state index contributed by atoms with van der Waals surface area (Å²) in [7, 11) is 1.82. The van der Waals surface area contributed by atoms with E-state index in [2.05, 4.69) is 5.32 Å². The van der Waals surface area contributed by atoms with Crippen molar-refractivity contribution in [2.24, 2.45) is 0 Å². The first kappa shape index (κ1) is 17.0. The van der Waals surface area contributed by atoms with Crippen molar-refractivity contribution in [3.05, 3.63) is 60.2 Å². The van der Waals surface area contributed by atoms with Crippen molar-refractivity contribution in [1.29, 1.82) is 0 Å². The summed E-state index contributed by atoms with van der Waals surface area (Å²) in [5, 5.41) is 3.09. The fourth-order valence-corrected chi connectivity index (χ4v) is 2.14. The van der Waals surface area contributed by atoms with Crippen LogP contribution in [0.5, 0.6) is 5.75 Å². The van der Waals surface area contributed by atoms with Gasteiger partial charge < -0.3 is 9.64 Å². The zero-order chi connectivity index (χ0) is 16.7. The highest BCUT2D eigenvalue weighted by molar-refractivity contribution is 7.80. The summed E-state index contributed by atoms with van der Waals surface area (Å²) in [6.07, 6.45) is 0.947. The molecule has 1 N–H and O–H groups in total. The van der Waals surface area contributed by atoms with Gasteiger partial charge in [-0.05, 0) is 55.0 Å². The lowest BCUT2D eigenvalue weighted by atomic mass is 10.2. The standard InChI is InChI=1S/C18H20N2O2S/c1-3-13-22-16-11-9-14(10-12-16)17(21)19-18(23)20(2)15-7-5-4-6-8-15/h4-12H,3,13H2,1-2H3,(H,19,21,23). The Morgan fingerprint density at radius 1 is 1.13 bits per heavy atom. The molecule has 2 aromatic carbocycles. The van der Waals surface area contributed by atoms with E-state index < -0.39 is 0 Å². The molecule has 0 atom stereocenters. The molecule has 0 aliphatic rings. The normalized spacial score (nSPS) is 10.0. The van der Waals surface area contributed by atoms with Crippen LogP contribution in [0.15, 0.2) is 54.6 Å². The minimum atomic E-state index is -0.236. The van der Waals surface area contributed by atoms with E-state index in [4.69, 9.17) is 17.0 Å². The Labute approximate surface area is 142 Å². The topological polar surface area (TPSA) is 41.6 Å². The van der Waals surface area contributed by atoms with Crippen molar-refractivity contribution >= 4 is 28.9 Å². The van der Waals surface area contributed by atoms with Gasteiger partial charge in [0.25, 0.3) is 5.91 Å². The lowest BCUT2D eigenvalue weighted by Gasteiger charge is -2.20. The molecule has 0 aliphatic carbocycles. The average molecular weight is 328 g/mol. The summed E-state index contributed by atoms with van der Waals surface area (Å²) in [5.41, 5.74) is 1.46. The molecule has 0 spiro atoms. The van der Waals surface area contributed by atoms with Crippen LogP contribution < -0.4 is 15.0 Å². The predicted molar refractivity (Wildman–Crippen MR) is 97.1 cm³/mol. The number of para-hydroxylation sites is 1. The summed E-state index contributed by atoms with van der Waals surface area (Å²) < 4.78 is 5.50. The first-order valence-electron chi connectivity index (χ1n) is 7.48. The molecule has 0 saturated heterocycles. The van der Waals surface area contributed by atoms with E-state index >= 15 is 0 Å². The Morgan fingerprint density at radius 2 is 1.78 bits per heavy atom. The summed E-state index contributed by atoms with van der Waals surface area (Å²) in [4.78, 5) is 14.0. The minimum Gasteiger partial charge on any atom is -0.494 e. The van der Waals surface area contributed by atoms with Crippen LogP contribution in [0, 0.1) is 0 Å². The molecule has 0 radical (unpaired) electrons. The number of nitrogens with one attached hydrogen (secondary N) is 1. The second kappa shape index (κ2) is 8.29. The van der Waals surface area contributed by atoms with Gasteiger partial charge in [-0.3, -0.25) is 10.1 Å². The molecule has 23 heavy (non-hydrogen) atoms. The molecule has 5 heteroatoms. The fourth-order valence-electron chi connectivity index (χ4n) is 1.94. The lowest BCUT2D eigenvalue weighted by molar-refractivity contribution is 0.0977. The molecular formula is C18H20N2O2S. The van der Waals surface area contributed by atoms with Crippen LogP contribution in [-0.4, -0.2) is 24.7 Å². The maximum Gasteiger partial charge on any atom is 0.257 e. The number of anilines is 1. The Kier molecular flexibility index (Phi) is 6.11. The monoisotopic (exact) mass is 328 g/mol. The zero-order valence-electron chi connectivity index (χ0n) is 13.3. The number of amides is 1. The van der Waals surface area contributed by atoms with Gasteiger partial charge >= 0.3 is 0 Å². The molecule has 0 aliphatic heterocycles. The van der Waals surface area contributed by atoms with Gasteiger partial charge in [-0.1, -0.05) is 25.1 Å². The van der Waals surface area contributed by atoms with E-state index in [9.17, 15) is 4.79 Å². The zero-order valence-corrected chi connectivity index (χ0v) is 14.1. The Hall–Kier alpha value is -2.40. The molecule has 4 nitrogen and oxygen atoms in total. The third kappa shape index (κ3) is 4.79. The second-order valence-corrected chi connectivity index (χ2v) is 5.41. The van der Waals surface area contributed by atoms with Crippen molar-refractivity contribution in [3.63, 3.8) is 0 Å². The minimum absolute atomic E-state index is 0.236. The maximum absolute atomic E-state index is 12.3. The third-order valence-electron chi connectivity index (χ3n) is 3.26.